The van der Waals surface area contributed by atoms with E-state index < -0.39 is 0 Å². The highest BCUT2D eigenvalue weighted by Gasteiger charge is 2.10. The molecule has 0 saturated heterocycles. The molecule has 0 aliphatic carbocycles. The van der Waals surface area contributed by atoms with E-state index in [0.29, 0.717) is 12.6 Å². The van der Waals surface area contributed by atoms with Gasteiger partial charge in [-0.05, 0) is 24.6 Å². The van der Waals surface area contributed by atoms with Crippen molar-refractivity contribution in [3.05, 3.63) is 23.8 Å². The maximum absolute atomic E-state index is 5.85. The molecule has 1 aromatic carbocycles. The highest BCUT2D eigenvalue weighted by atomic mass is 16.5. The van der Waals surface area contributed by atoms with Gasteiger partial charge in [0.25, 0.3) is 0 Å². The van der Waals surface area contributed by atoms with Crippen LogP contribution in [0, 0.1) is 0 Å². The molecule has 108 valence electrons. The van der Waals surface area contributed by atoms with Crippen LogP contribution in [0.25, 0.3) is 0 Å². The Labute approximate surface area is 116 Å². The van der Waals surface area contributed by atoms with Crippen molar-refractivity contribution in [3.63, 3.8) is 0 Å². The third-order valence-electron chi connectivity index (χ3n) is 2.67. The van der Waals surface area contributed by atoms with Crippen molar-refractivity contribution >= 4 is 0 Å². The normalized spacial score (nSPS) is 12.5. The fraction of sp³-hybridized carbons (Fsp3) is 0.600. The lowest BCUT2D eigenvalue weighted by molar-refractivity contribution is 0.0899. The zero-order valence-electron chi connectivity index (χ0n) is 12.5. The Morgan fingerprint density at radius 3 is 2.42 bits per heavy atom. The zero-order valence-corrected chi connectivity index (χ0v) is 12.5. The lowest BCUT2D eigenvalue weighted by atomic mass is 10.2. The van der Waals surface area contributed by atoms with Gasteiger partial charge in [0, 0.05) is 19.7 Å². The minimum atomic E-state index is -0.00721. The number of hydrogen-bond acceptors (Lipinski definition) is 4. The maximum Gasteiger partial charge on any atom is 0.162 e. The van der Waals surface area contributed by atoms with Gasteiger partial charge in [-0.25, -0.2) is 0 Å². The van der Waals surface area contributed by atoms with Crippen LogP contribution in [0.15, 0.2) is 18.2 Å². The van der Waals surface area contributed by atoms with E-state index in [1.165, 1.54) is 5.56 Å². The molecule has 0 heterocycles. The number of hydrogen-bond donors (Lipinski definition) is 1. The molecule has 0 aromatic heterocycles. The van der Waals surface area contributed by atoms with Crippen LogP contribution >= 0.6 is 0 Å². The van der Waals surface area contributed by atoms with Gasteiger partial charge in [0.1, 0.15) is 6.10 Å². The van der Waals surface area contributed by atoms with E-state index in [4.69, 9.17) is 14.2 Å². The fourth-order valence-electron chi connectivity index (χ4n) is 1.73. The van der Waals surface area contributed by atoms with Crippen LogP contribution in [0.2, 0.25) is 0 Å². The van der Waals surface area contributed by atoms with E-state index >= 15 is 0 Å². The summed E-state index contributed by atoms with van der Waals surface area (Å²) in [5, 5.41) is 3.38. The lowest BCUT2D eigenvalue weighted by Crippen LogP contribution is -2.22. The summed E-state index contributed by atoms with van der Waals surface area (Å²) in [6, 6.07) is 6.45. The number of benzene rings is 1. The second-order valence-electron chi connectivity index (χ2n) is 4.90. The maximum atomic E-state index is 5.85. The van der Waals surface area contributed by atoms with Gasteiger partial charge in [-0.2, -0.15) is 0 Å². The van der Waals surface area contributed by atoms with Crippen LogP contribution in [0.3, 0.4) is 0 Å². The molecule has 1 aromatic rings. The number of methoxy groups -OCH3 is 2. The van der Waals surface area contributed by atoms with Crippen LogP contribution in [-0.2, 0) is 11.3 Å². The number of rotatable bonds is 8. The smallest absolute Gasteiger partial charge is 0.162 e. The summed E-state index contributed by atoms with van der Waals surface area (Å²) in [6.07, 6.45) is -0.00721. The van der Waals surface area contributed by atoms with Crippen LogP contribution in [-0.4, -0.2) is 33.0 Å². The first-order valence-corrected chi connectivity index (χ1v) is 6.62. The Morgan fingerprint density at radius 1 is 1.11 bits per heavy atom. The van der Waals surface area contributed by atoms with E-state index in [2.05, 4.69) is 19.2 Å². The summed E-state index contributed by atoms with van der Waals surface area (Å²) in [5.74, 6) is 1.51. The van der Waals surface area contributed by atoms with Crippen molar-refractivity contribution in [3.8, 4) is 11.5 Å². The Hall–Kier alpha value is -1.26. The topological polar surface area (TPSA) is 39.7 Å². The zero-order chi connectivity index (χ0) is 14.3. The van der Waals surface area contributed by atoms with Crippen molar-refractivity contribution in [1.29, 1.82) is 0 Å². The molecule has 0 saturated carbocycles. The Morgan fingerprint density at radius 2 is 1.84 bits per heavy atom. The first-order chi connectivity index (χ1) is 9.06. The molecule has 4 nitrogen and oxygen atoms in total. The van der Waals surface area contributed by atoms with Crippen molar-refractivity contribution in [2.45, 2.75) is 39.5 Å². The van der Waals surface area contributed by atoms with E-state index in [-0.39, 0.29) is 6.10 Å². The van der Waals surface area contributed by atoms with E-state index in [1.54, 1.807) is 14.2 Å². The molecule has 0 spiro atoms. The molecule has 0 aliphatic heterocycles. The predicted molar refractivity (Wildman–Crippen MR) is 76.9 cm³/mol. The molecule has 1 rings (SSSR count). The molecule has 0 bridgehead atoms. The van der Waals surface area contributed by atoms with Gasteiger partial charge in [0.15, 0.2) is 11.5 Å². The monoisotopic (exact) mass is 267 g/mol. The van der Waals surface area contributed by atoms with Gasteiger partial charge in [-0.1, -0.05) is 19.9 Å². The van der Waals surface area contributed by atoms with Gasteiger partial charge >= 0.3 is 0 Å². The molecule has 1 unspecified atom stereocenters. The Kier molecular flexibility index (Phi) is 6.67. The summed E-state index contributed by atoms with van der Waals surface area (Å²) >= 11 is 0. The van der Waals surface area contributed by atoms with E-state index in [1.807, 2.05) is 25.1 Å². The van der Waals surface area contributed by atoms with Crippen molar-refractivity contribution < 1.29 is 14.2 Å². The second-order valence-corrected chi connectivity index (χ2v) is 4.90. The summed E-state index contributed by atoms with van der Waals surface area (Å²) in [5.41, 5.74) is 1.18. The second kappa shape index (κ2) is 8.02. The van der Waals surface area contributed by atoms with Gasteiger partial charge in [0.2, 0.25) is 0 Å². The van der Waals surface area contributed by atoms with Crippen LogP contribution < -0.4 is 14.8 Å². The Bertz CT molecular complexity index is 380. The van der Waals surface area contributed by atoms with Crippen molar-refractivity contribution in [2.75, 3.05) is 20.8 Å². The van der Waals surface area contributed by atoms with E-state index in [9.17, 15) is 0 Å². The molecule has 19 heavy (non-hydrogen) atoms. The summed E-state index contributed by atoms with van der Waals surface area (Å²) in [7, 11) is 3.31. The first-order valence-electron chi connectivity index (χ1n) is 6.62. The summed E-state index contributed by atoms with van der Waals surface area (Å²) < 4.78 is 16.2. The molecule has 1 N–H and O–H groups in total. The third-order valence-corrected chi connectivity index (χ3v) is 2.67. The predicted octanol–water partition coefficient (Wildman–Crippen LogP) is 2.61. The quantitative estimate of drug-likeness (QED) is 0.786. The minimum Gasteiger partial charge on any atom is -0.493 e. The lowest BCUT2D eigenvalue weighted by Gasteiger charge is -2.17. The average molecular weight is 267 g/mol. The standard InChI is InChI=1S/C15H25NO3/c1-11(2)16-9-13-6-7-14(18-5)15(8-13)19-12(3)10-17-4/h6-8,11-12,16H,9-10H2,1-5H3. The van der Waals surface area contributed by atoms with Gasteiger partial charge in [0.05, 0.1) is 13.7 Å². The third kappa shape index (κ3) is 5.49. The molecule has 0 fully saturated rings. The molecule has 4 heteroatoms. The molecule has 0 amide bonds. The van der Waals surface area contributed by atoms with E-state index in [0.717, 1.165) is 18.0 Å². The number of ether oxygens (including phenoxy) is 3. The molecule has 0 radical (unpaired) electrons. The number of nitrogens with one attached hydrogen (secondary N) is 1. The van der Waals surface area contributed by atoms with Gasteiger partial charge < -0.3 is 19.5 Å². The molecule has 1 atom stereocenters. The molecule has 0 aliphatic rings. The van der Waals surface area contributed by atoms with Crippen LogP contribution in [0.4, 0.5) is 0 Å². The first kappa shape index (κ1) is 15.8. The SMILES string of the molecule is COCC(C)Oc1cc(CNC(C)C)ccc1OC. The van der Waals surface area contributed by atoms with Crippen LogP contribution in [0.1, 0.15) is 26.3 Å². The Balaban J connectivity index is 2.77. The summed E-state index contributed by atoms with van der Waals surface area (Å²) in [4.78, 5) is 0. The molecular weight excluding hydrogens is 242 g/mol. The minimum absolute atomic E-state index is 0.00721. The largest absolute Gasteiger partial charge is 0.493 e. The highest BCUT2D eigenvalue weighted by Crippen LogP contribution is 2.29. The van der Waals surface area contributed by atoms with Crippen molar-refractivity contribution in [2.24, 2.45) is 0 Å². The van der Waals surface area contributed by atoms with Crippen molar-refractivity contribution in [1.82, 2.24) is 5.32 Å². The molecular formula is C15H25NO3. The average Bonchev–Trinajstić information content (AvgIpc) is 2.36. The summed E-state index contributed by atoms with van der Waals surface area (Å²) in [6.45, 7) is 7.60. The highest BCUT2D eigenvalue weighted by molar-refractivity contribution is 5.43. The van der Waals surface area contributed by atoms with Gasteiger partial charge in [-0.3, -0.25) is 0 Å². The fourth-order valence-corrected chi connectivity index (χ4v) is 1.73. The van der Waals surface area contributed by atoms with Gasteiger partial charge in [-0.15, -0.1) is 0 Å². The van der Waals surface area contributed by atoms with Crippen LogP contribution in [0.5, 0.6) is 11.5 Å².